The van der Waals surface area contributed by atoms with Crippen LogP contribution in [0.25, 0.3) is 22.3 Å². The third-order valence-corrected chi connectivity index (χ3v) is 14.7. The van der Waals surface area contributed by atoms with E-state index in [4.69, 9.17) is 29.0 Å². The Morgan fingerprint density at radius 2 is 0.697 bits per heavy atom. The number of benzene rings is 4. The summed E-state index contributed by atoms with van der Waals surface area (Å²) in [6.45, 7) is 23.8. The minimum atomic E-state index is -3.32. The van der Waals surface area contributed by atoms with Gasteiger partial charge in [-0.1, -0.05) is 77.4 Å². The van der Waals surface area contributed by atoms with Crippen molar-refractivity contribution in [1.29, 1.82) is 0 Å². The van der Waals surface area contributed by atoms with Crippen LogP contribution in [0.5, 0.6) is 0 Å². The molecule has 7 nitrogen and oxygen atoms in total. The van der Waals surface area contributed by atoms with Crippen molar-refractivity contribution in [2.75, 3.05) is 13.2 Å². The lowest BCUT2D eigenvalue weighted by molar-refractivity contribution is 0.219. The van der Waals surface area contributed by atoms with Crippen molar-refractivity contribution >= 4 is 52.7 Å². The summed E-state index contributed by atoms with van der Waals surface area (Å²) in [6, 6.07) is 21.6. The van der Waals surface area contributed by atoms with Gasteiger partial charge < -0.3 is 9.05 Å². The quantitative estimate of drug-likeness (QED) is 0.149. The molecule has 0 spiro atoms. The average Bonchev–Trinajstić information content (AvgIpc) is 4.09. The van der Waals surface area contributed by atoms with Crippen LogP contribution in [0.3, 0.4) is 0 Å². The maximum Gasteiger partial charge on any atom is 0.335 e. The number of aryl methyl sites for hydroxylation is 9. The van der Waals surface area contributed by atoms with Crippen molar-refractivity contribution in [3.8, 4) is 0 Å². The van der Waals surface area contributed by atoms with E-state index in [2.05, 4.69) is 159 Å². The fraction of sp³-hybridized carbons (Fsp3) is 0.241. The van der Waals surface area contributed by atoms with Gasteiger partial charge >= 0.3 is 7.60 Å². The molecule has 0 aliphatic carbocycles. The van der Waals surface area contributed by atoms with Crippen LogP contribution in [0, 0.1) is 62.3 Å². The van der Waals surface area contributed by atoms with E-state index in [1.807, 2.05) is 26.0 Å². The molecule has 0 atom stereocenters. The largest absolute Gasteiger partial charge is 0.335 e. The van der Waals surface area contributed by atoms with Gasteiger partial charge in [0, 0.05) is 22.3 Å². The van der Waals surface area contributed by atoms with Crippen LogP contribution in [-0.2, 0) is 19.8 Å². The van der Waals surface area contributed by atoms with Gasteiger partial charge in [0.15, 0.2) is 0 Å². The third kappa shape index (κ3) is 8.37. The minimum Gasteiger partial charge on any atom is -0.309 e. The predicted molar refractivity (Wildman–Crippen MR) is 277 cm³/mol. The summed E-state index contributed by atoms with van der Waals surface area (Å²) < 4.78 is 24.9. The Kier molecular flexibility index (Phi) is 12.1. The molecular weight excluding hydrogens is 832 g/mol. The number of nitrogens with zero attached hydrogens (tertiary/aromatic N) is 4. The molecule has 0 aromatic heterocycles. The maximum absolute atomic E-state index is 13.6. The Bertz CT molecular complexity index is 3090. The molecule has 332 valence electrons. The minimum absolute atomic E-state index is 0.175. The molecule has 0 N–H and O–H groups in total. The van der Waals surface area contributed by atoms with E-state index < -0.39 is 7.60 Å². The molecule has 5 aliphatic heterocycles. The van der Waals surface area contributed by atoms with Crippen LogP contribution >= 0.6 is 7.60 Å². The highest BCUT2D eigenvalue weighted by Gasteiger charge is 2.31. The van der Waals surface area contributed by atoms with Gasteiger partial charge in [0.2, 0.25) is 0 Å². The lowest BCUT2D eigenvalue weighted by Crippen LogP contribution is -2.07. The van der Waals surface area contributed by atoms with Crippen LogP contribution in [0.4, 0.5) is 0 Å². The van der Waals surface area contributed by atoms with E-state index in [1.165, 1.54) is 27.8 Å². The molecule has 4 aromatic carbocycles. The van der Waals surface area contributed by atoms with Crippen LogP contribution < -0.4 is 0 Å². The zero-order valence-corrected chi connectivity index (χ0v) is 40.9. The van der Waals surface area contributed by atoms with Gasteiger partial charge in [0.05, 0.1) is 65.0 Å². The molecule has 0 saturated carbocycles. The van der Waals surface area contributed by atoms with Gasteiger partial charge in [0.25, 0.3) is 0 Å². The Morgan fingerprint density at radius 1 is 0.409 bits per heavy atom. The first kappa shape index (κ1) is 44.8. The smallest absolute Gasteiger partial charge is 0.309 e. The van der Waals surface area contributed by atoms with Crippen molar-refractivity contribution in [2.24, 2.45) is 20.0 Å². The van der Waals surface area contributed by atoms with Crippen molar-refractivity contribution in [3.63, 3.8) is 0 Å². The first-order valence-electron chi connectivity index (χ1n) is 22.9. The van der Waals surface area contributed by atoms with Gasteiger partial charge in [-0.2, -0.15) is 0 Å². The zero-order valence-electron chi connectivity index (χ0n) is 40.0. The zero-order chi connectivity index (χ0) is 46.6. The highest BCUT2D eigenvalue weighted by Crippen LogP contribution is 2.51. The fourth-order valence-electron chi connectivity index (χ4n) is 10.4. The number of rotatable bonds is 10. The van der Waals surface area contributed by atoms with Crippen molar-refractivity contribution in [1.82, 2.24) is 0 Å². The SMILES string of the molecule is CCOP(=O)(Cc1ccc(C2=C3C=CC(=N3)C(c3c(C)cc(C)cc3C)=C3C=CC(=N3)C(c3c(C)cc(C)cc3C)=C3C=CC(=N3)C(c3c(C)cc(C)cc3C)=C3C=CC2=N3)cc1)OCC. The van der Waals surface area contributed by atoms with Gasteiger partial charge in [-0.25, -0.2) is 20.0 Å². The molecule has 0 saturated heterocycles. The van der Waals surface area contributed by atoms with E-state index in [1.54, 1.807) is 0 Å². The summed E-state index contributed by atoms with van der Waals surface area (Å²) >= 11 is 0. The Morgan fingerprint density at radius 3 is 1.00 bits per heavy atom. The van der Waals surface area contributed by atoms with Crippen LogP contribution in [0.15, 0.2) is 152 Å². The fourth-order valence-corrected chi connectivity index (χ4v) is 12.1. The maximum atomic E-state index is 13.6. The second kappa shape index (κ2) is 17.8. The summed E-state index contributed by atoms with van der Waals surface area (Å²) in [4.78, 5) is 22.2. The third-order valence-electron chi connectivity index (χ3n) is 12.7. The monoisotopic (exact) mass is 888 g/mol. The highest BCUT2D eigenvalue weighted by atomic mass is 31.2. The molecule has 0 radical (unpaired) electrons. The average molecular weight is 889 g/mol. The number of hydrogen-bond acceptors (Lipinski definition) is 7. The van der Waals surface area contributed by atoms with Gasteiger partial charge in [-0.05, 0) is 186 Å². The van der Waals surface area contributed by atoms with Gasteiger partial charge in [-0.15, -0.1) is 0 Å². The number of allylic oxidation sites excluding steroid dienone is 12. The van der Waals surface area contributed by atoms with Crippen molar-refractivity contribution in [3.05, 3.63) is 210 Å². The molecule has 0 fully saturated rings. The summed E-state index contributed by atoms with van der Waals surface area (Å²) in [5, 5.41) is 0. The normalized spacial score (nSPS) is 16.7. The van der Waals surface area contributed by atoms with Crippen LogP contribution in [0.2, 0.25) is 0 Å². The summed E-state index contributed by atoms with van der Waals surface area (Å²) in [7, 11) is -3.32. The molecule has 8 heteroatoms. The second-order valence-corrected chi connectivity index (χ2v) is 20.0. The summed E-state index contributed by atoms with van der Waals surface area (Å²) in [5.74, 6) is 0. The number of fused-ring (bicyclic) bond motifs is 4. The van der Waals surface area contributed by atoms with Crippen LogP contribution in [0.1, 0.15) is 91.7 Å². The molecule has 66 heavy (non-hydrogen) atoms. The van der Waals surface area contributed by atoms with E-state index in [0.29, 0.717) is 13.2 Å². The van der Waals surface area contributed by atoms with Crippen molar-refractivity contribution < 1.29 is 13.6 Å². The highest BCUT2D eigenvalue weighted by molar-refractivity contribution is 7.53. The molecule has 9 rings (SSSR count). The Balaban J connectivity index is 1.36. The number of aliphatic imine (C=N–C) groups is 4. The van der Waals surface area contributed by atoms with E-state index in [9.17, 15) is 4.57 Å². The molecule has 8 bridgehead atoms. The summed E-state index contributed by atoms with van der Waals surface area (Å²) in [6.07, 6.45) is 17.2. The molecular formula is C58H57N4O3P. The van der Waals surface area contributed by atoms with E-state index >= 15 is 0 Å². The lowest BCUT2D eigenvalue weighted by Gasteiger charge is -2.18. The second-order valence-electron chi connectivity index (χ2n) is 18.0. The van der Waals surface area contributed by atoms with Crippen molar-refractivity contribution in [2.45, 2.75) is 82.3 Å². The van der Waals surface area contributed by atoms with Crippen LogP contribution in [-0.4, -0.2) is 36.1 Å². The molecule has 4 aromatic rings. The lowest BCUT2D eigenvalue weighted by atomic mass is 9.89. The van der Waals surface area contributed by atoms with E-state index in [0.717, 1.165) is 118 Å². The van der Waals surface area contributed by atoms with Gasteiger partial charge in [-0.3, -0.25) is 4.57 Å². The topological polar surface area (TPSA) is 85.0 Å². The molecule has 5 aliphatic rings. The Hall–Kier alpha value is -6.37. The van der Waals surface area contributed by atoms with Gasteiger partial charge in [0.1, 0.15) is 0 Å². The summed E-state index contributed by atoms with van der Waals surface area (Å²) in [5.41, 5.74) is 26.2. The molecule has 0 amide bonds. The first-order valence-corrected chi connectivity index (χ1v) is 24.7. The number of hydrogen-bond donors (Lipinski definition) is 0. The van der Waals surface area contributed by atoms with E-state index in [-0.39, 0.29) is 6.16 Å². The Labute approximate surface area is 390 Å². The molecule has 0 unspecified atom stereocenters. The predicted octanol–water partition coefficient (Wildman–Crippen LogP) is 14.2. The first-order chi connectivity index (χ1) is 31.6. The standard InChI is InChI=1S/C58H57N4O3P/c1-12-64-66(63,65-13-2)32-42-14-16-43(17-15-42)55-44-18-20-46(59-44)56(52-36(6)26-33(3)27-37(52)7)48-22-24-50(61-48)58(54-40(10)30-35(5)31-41(54)11)51-25-23-49(62-51)57(47-21-19-45(55)60-47)53-38(8)28-34(4)29-39(53)9/h14-31H,12-13,32H2,1-11H3. The molecule has 5 heterocycles.